The van der Waals surface area contributed by atoms with Crippen LogP contribution in [0.25, 0.3) is 0 Å². The molecular weight excluding hydrogens is 386 g/mol. The van der Waals surface area contributed by atoms with Gasteiger partial charge in [-0.15, -0.1) is 0 Å². The molecule has 2 aromatic carbocycles. The summed E-state index contributed by atoms with van der Waals surface area (Å²) >= 11 is 0. The molecule has 10 heteroatoms. The number of rotatable bonds is 8. The number of nitrogens with one attached hydrogen (secondary N) is 1. The highest BCUT2D eigenvalue weighted by molar-refractivity contribution is 7.89. The van der Waals surface area contributed by atoms with E-state index in [1.807, 2.05) is 6.92 Å². The summed E-state index contributed by atoms with van der Waals surface area (Å²) < 4.78 is 30.6. The minimum atomic E-state index is -3.61. The standard InChI is InChI=1S/C18H21N3O6S/c1-4-11-27-14-7-10-16(17(12-14)21(23)24)19-18(22)13-5-8-15(9-6-13)28(25,26)20(2)3/h5-10,12H,4,11H2,1-3H3,(H,19,22). The van der Waals surface area contributed by atoms with E-state index in [0.29, 0.717) is 12.4 Å². The van der Waals surface area contributed by atoms with Gasteiger partial charge < -0.3 is 10.1 Å². The molecule has 2 aromatic rings. The number of benzene rings is 2. The van der Waals surface area contributed by atoms with Gasteiger partial charge in [0.1, 0.15) is 11.4 Å². The Balaban J connectivity index is 2.24. The van der Waals surface area contributed by atoms with Crippen LogP contribution < -0.4 is 10.1 Å². The Morgan fingerprint density at radius 1 is 1.18 bits per heavy atom. The van der Waals surface area contributed by atoms with Gasteiger partial charge in [0.15, 0.2) is 0 Å². The van der Waals surface area contributed by atoms with Crippen molar-refractivity contribution in [1.82, 2.24) is 4.31 Å². The number of sulfonamides is 1. The summed E-state index contributed by atoms with van der Waals surface area (Å²) in [7, 11) is -0.799. The molecule has 0 aliphatic heterocycles. The fourth-order valence-corrected chi connectivity index (χ4v) is 3.16. The Labute approximate surface area is 163 Å². The number of anilines is 1. The van der Waals surface area contributed by atoms with E-state index in [2.05, 4.69) is 5.32 Å². The Hall–Kier alpha value is -2.98. The summed E-state index contributed by atoms with van der Waals surface area (Å²) in [6, 6.07) is 9.47. The minimum Gasteiger partial charge on any atom is -0.493 e. The molecule has 0 radical (unpaired) electrons. The second-order valence-corrected chi connectivity index (χ2v) is 8.20. The van der Waals surface area contributed by atoms with Crippen LogP contribution in [0.2, 0.25) is 0 Å². The van der Waals surface area contributed by atoms with Crippen LogP contribution in [0.4, 0.5) is 11.4 Å². The van der Waals surface area contributed by atoms with Gasteiger partial charge in [0, 0.05) is 19.7 Å². The van der Waals surface area contributed by atoms with E-state index in [1.165, 1.54) is 56.6 Å². The van der Waals surface area contributed by atoms with E-state index in [0.717, 1.165) is 10.7 Å². The molecule has 0 aromatic heterocycles. The third kappa shape index (κ3) is 4.84. The van der Waals surface area contributed by atoms with E-state index in [1.54, 1.807) is 0 Å². The molecule has 0 saturated carbocycles. The maximum Gasteiger partial charge on any atom is 0.296 e. The molecular formula is C18H21N3O6S. The SMILES string of the molecule is CCCOc1ccc(NC(=O)c2ccc(S(=O)(=O)N(C)C)cc2)c([N+](=O)[O-])c1. The predicted octanol–water partition coefficient (Wildman–Crippen LogP) is 2.89. The molecule has 1 amide bonds. The number of carbonyl (C=O) groups is 1. The van der Waals surface area contributed by atoms with Gasteiger partial charge in [0.05, 0.1) is 22.5 Å². The summed E-state index contributed by atoms with van der Waals surface area (Å²) in [5, 5.41) is 13.8. The van der Waals surface area contributed by atoms with Crippen molar-refractivity contribution in [3.05, 3.63) is 58.1 Å². The van der Waals surface area contributed by atoms with Crippen molar-refractivity contribution in [2.75, 3.05) is 26.0 Å². The summed E-state index contributed by atoms with van der Waals surface area (Å²) in [6.45, 7) is 2.34. The highest BCUT2D eigenvalue weighted by Gasteiger charge is 2.20. The minimum absolute atomic E-state index is 0.0174. The summed E-state index contributed by atoms with van der Waals surface area (Å²) in [4.78, 5) is 23.2. The fourth-order valence-electron chi connectivity index (χ4n) is 2.26. The molecule has 0 spiro atoms. The quantitative estimate of drug-likeness (QED) is 0.531. The lowest BCUT2D eigenvalue weighted by molar-refractivity contribution is -0.384. The summed E-state index contributed by atoms with van der Waals surface area (Å²) in [5.41, 5.74) is -0.115. The second kappa shape index (κ2) is 8.81. The van der Waals surface area contributed by atoms with Crippen molar-refractivity contribution >= 4 is 27.3 Å². The number of hydrogen-bond donors (Lipinski definition) is 1. The van der Waals surface area contributed by atoms with Crippen molar-refractivity contribution < 1.29 is 22.9 Å². The fraction of sp³-hybridized carbons (Fsp3) is 0.278. The zero-order valence-corrected chi connectivity index (χ0v) is 16.5. The van der Waals surface area contributed by atoms with Crippen molar-refractivity contribution in [3.63, 3.8) is 0 Å². The van der Waals surface area contributed by atoms with E-state index < -0.39 is 20.9 Å². The maximum atomic E-state index is 12.4. The van der Waals surface area contributed by atoms with E-state index in [9.17, 15) is 23.3 Å². The molecule has 0 saturated heterocycles. The molecule has 0 atom stereocenters. The van der Waals surface area contributed by atoms with Crippen LogP contribution in [-0.2, 0) is 10.0 Å². The van der Waals surface area contributed by atoms with E-state index in [4.69, 9.17) is 4.74 Å². The van der Waals surface area contributed by atoms with Crippen molar-refractivity contribution in [1.29, 1.82) is 0 Å². The number of ether oxygens (including phenoxy) is 1. The van der Waals surface area contributed by atoms with Gasteiger partial charge in [0.25, 0.3) is 11.6 Å². The highest BCUT2D eigenvalue weighted by atomic mass is 32.2. The Morgan fingerprint density at radius 2 is 1.82 bits per heavy atom. The zero-order chi connectivity index (χ0) is 20.9. The molecule has 1 N–H and O–H groups in total. The molecule has 2 rings (SSSR count). The van der Waals surface area contributed by atoms with Gasteiger partial charge in [-0.25, -0.2) is 12.7 Å². The van der Waals surface area contributed by atoms with Gasteiger partial charge in [0.2, 0.25) is 10.0 Å². The number of nitro benzene ring substituents is 1. The summed E-state index contributed by atoms with van der Waals surface area (Å²) in [5.74, 6) is -0.260. The lowest BCUT2D eigenvalue weighted by Crippen LogP contribution is -2.22. The number of nitro groups is 1. The van der Waals surface area contributed by atoms with E-state index >= 15 is 0 Å². The Kier molecular flexibility index (Phi) is 6.71. The Bertz CT molecular complexity index is 971. The lowest BCUT2D eigenvalue weighted by Gasteiger charge is -2.12. The molecule has 9 nitrogen and oxygen atoms in total. The first kappa shape index (κ1) is 21.3. The van der Waals surface area contributed by atoms with Gasteiger partial charge in [-0.1, -0.05) is 6.92 Å². The van der Waals surface area contributed by atoms with Crippen LogP contribution in [0.15, 0.2) is 47.4 Å². The third-order valence-electron chi connectivity index (χ3n) is 3.78. The van der Waals surface area contributed by atoms with Crippen LogP contribution in [0.1, 0.15) is 23.7 Å². The van der Waals surface area contributed by atoms with Crippen LogP contribution >= 0.6 is 0 Å². The van der Waals surface area contributed by atoms with Crippen molar-refractivity contribution in [2.45, 2.75) is 18.2 Å². The zero-order valence-electron chi connectivity index (χ0n) is 15.7. The lowest BCUT2D eigenvalue weighted by atomic mass is 10.2. The molecule has 0 fully saturated rings. The molecule has 150 valence electrons. The first-order valence-corrected chi connectivity index (χ1v) is 9.86. The van der Waals surface area contributed by atoms with E-state index in [-0.39, 0.29) is 21.8 Å². The largest absolute Gasteiger partial charge is 0.493 e. The average molecular weight is 407 g/mol. The molecule has 0 heterocycles. The van der Waals surface area contributed by atoms with Crippen molar-refractivity contribution in [2.24, 2.45) is 0 Å². The van der Waals surface area contributed by atoms with Gasteiger partial charge in [-0.3, -0.25) is 14.9 Å². The maximum absolute atomic E-state index is 12.4. The normalized spacial score (nSPS) is 11.3. The average Bonchev–Trinajstić information content (AvgIpc) is 2.66. The van der Waals surface area contributed by atoms with Gasteiger partial charge in [-0.05, 0) is 42.8 Å². The topological polar surface area (TPSA) is 119 Å². The van der Waals surface area contributed by atoms with Crippen LogP contribution in [-0.4, -0.2) is 44.3 Å². The van der Waals surface area contributed by atoms with Crippen LogP contribution in [0.3, 0.4) is 0 Å². The molecule has 0 aliphatic rings. The number of nitrogens with zero attached hydrogens (tertiary/aromatic N) is 2. The van der Waals surface area contributed by atoms with Crippen molar-refractivity contribution in [3.8, 4) is 5.75 Å². The first-order valence-electron chi connectivity index (χ1n) is 8.42. The number of carbonyl (C=O) groups excluding carboxylic acids is 1. The molecule has 28 heavy (non-hydrogen) atoms. The molecule has 0 aliphatic carbocycles. The Morgan fingerprint density at radius 3 is 2.36 bits per heavy atom. The molecule has 0 bridgehead atoms. The monoisotopic (exact) mass is 407 g/mol. The molecule has 0 unspecified atom stereocenters. The second-order valence-electron chi connectivity index (χ2n) is 6.05. The van der Waals surface area contributed by atoms with Crippen LogP contribution in [0.5, 0.6) is 5.75 Å². The number of hydrogen-bond acceptors (Lipinski definition) is 6. The van der Waals surface area contributed by atoms with Crippen LogP contribution in [0, 0.1) is 10.1 Å². The summed E-state index contributed by atoms with van der Waals surface area (Å²) in [6.07, 6.45) is 0.756. The first-order chi connectivity index (χ1) is 13.2. The third-order valence-corrected chi connectivity index (χ3v) is 5.61. The highest BCUT2D eigenvalue weighted by Crippen LogP contribution is 2.29. The van der Waals surface area contributed by atoms with Gasteiger partial charge in [-0.2, -0.15) is 0 Å². The smallest absolute Gasteiger partial charge is 0.296 e. The predicted molar refractivity (Wildman–Crippen MR) is 104 cm³/mol. The van der Waals surface area contributed by atoms with Gasteiger partial charge >= 0.3 is 0 Å². The number of amides is 1.